The van der Waals surface area contributed by atoms with Gasteiger partial charge in [-0.1, -0.05) is 37.3 Å². The Morgan fingerprint density at radius 3 is 2.88 bits per heavy atom. The summed E-state index contributed by atoms with van der Waals surface area (Å²) in [6.45, 7) is 5.35. The Hall–Kier alpha value is -1.08. The highest BCUT2D eigenvalue weighted by Gasteiger charge is 2.05. The van der Waals surface area contributed by atoms with Crippen LogP contribution >= 0.6 is 0 Å². The average molecular weight is 217 g/mol. The van der Waals surface area contributed by atoms with Crippen molar-refractivity contribution in [1.29, 1.82) is 0 Å². The van der Waals surface area contributed by atoms with Gasteiger partial charge >= 0.3 is 0 Å². The lowest BCUT2D eigenvalue weighted by Gasteiger charge is -2.14. The van der Waals surface area contributed by atoms with E-state index in [1.165, 1.54) is 29.6 Å². The first-order chi connectivity index (χ1) is 7.79. The van der Waals surface area contributed by atoms with Crippen molar-refractivity contribution in [2.75, 3.05) is 13.6 Å². The number of hydrogen-bond donors (Lipinski definition) is 1. The number of nitrogens with one attached hydrogen (secondary N) is 1. The molecule has 0 unspecified atom stereocenters. The van der Waals surface area contributed by atoms with Gasteiger partial charge in [0.25, 0.3) is 0 Å². The summed E-state index contributed by atoms with van der Waals surface area (Å²) < 4.78 is 0. The van der Waals surface area contributed by atoms with Crippen molar-refractivity contribution in [2.24, 2.45) is 0 Å². The molecule has 1 aliphatic rings. The van der Waals surface area contributed by atoms with E-state index in [9.17, 15) is 0 Å². The average Bonchev–Trinajstić information content (AvgIpc) is 2.35. The van der Waals surface area contributed by atoms with Crippen LogP contribution in [0, 0.1) is 0 Å². The predicted molar refractivity (Wildman–Crippen MR) is 72.5 cm³/mol. The van der Waals surface area contributed by atoms with E-state index in [4.69, 9.17) is 0 Å². The first-order valence-electron chi connectivity index (χ1n) is 6.16. The van der Waals surface area contributed by atoms with E-state index in [2.05, 4.69) is 49.5 Å². The molecule has 0 saturated carbocycles. The molecule has 1 rings (SSSR count). The second-order valence-corrected chi connectivity index (χ2v) is 4.15. The van der Waals surface area contributed by atoms with Crippen LogP contribution in [0.4, 0.5) is 0 Å². The van der Waals surface area contributed by atoms with Gasteiger partial charge in [0.05, 0.1) is 0 Å². The zero-order valence-electron chi connectivity index (χ0n) is 10.7. The van der Waals surface area contributed by atoms with Crippen LogP contribution in [0.25, 0.3) is 0 Å². The quantitative estimate of drug-likeness (QED) is 0.691. The summed E-state index contributed by atoms with van der Waals surface area (Å²) in [7, 11) is 2.00. The van der Waals surface area contributed by atoms with Crippen molar-refractivity contribution in [3.8, 4) is 0 Å². The number of hydrogen-bond acceptors (Lipinski definition) is 1. The van der Waals surface area contributed by atoms with Crippen LogP contribution in [0.1, 0.15) is 33.1 Å². The molecule has 0 spiro atoms. The molecule has 0 aromatic heterocycles. The van der Waals surface area contributed by atoms with Gasteiger partial charge in [-0.2, -0.15) is 0 Å². The zero-order chi connectivity index (χ0) is 11.8. The SMILES string of the molecule is CC/C=C\C(CNC)=C(/C)C1=CC=CCC1. The van der Waals surface area contributed by atoms with Crippen molar-refractivity contribution in [1.82, 2.24) is 5.32 Å². The Kier molecular flexibility index (Phi) is 5.87. The van der Waals surface area contributed by atoms with Gasteiger partial charge in [-0.25, -0.2) is 0 Å². The summed E-state index contributed by atoms with van der Waals surface area (Å²) in [6, 6.07) is 0. The Labute approximate surface area is 99.6 Å². The summed E-state index contributed by atoms with van der Waals surface area (Å²) in [5.41, 5.74) is 4.32. The summed E-state index contributed by atoms with van der Waals surface area (Å²) in [5.74, 6) is 0. The van der Waals surface area contributed by atoms with Gasteiger partial charge < -0.3 is 5.32 Å². The fourth-order valence-electron chi connectivity index (χ4n) is 1.89. The Balaban J connectivity index is 2.90. The monoisotopic (exact) mass is 217 g/mol. The molecule has 0 fully saturated rings. The Bertz CT molecular complexity index is 329. The lowest BCUT2D eigenvalue weighted by atomic mass is 9.94. The minimum atomic E-state index is 0.948. The van der Waals surface area contributed by atoms with Gasteiger partial charge in [0, 0.05) is 6.54 Å². The molecule has 1 heteroatoms. The maximum Gasteiger partial charge on any atom is 0.0205 e. The van der Waals surface area contributed by atoms with Crippen molar-refractivity contribution in [3.05, 3.63) is 47.1 Å². The van der Waals surface area contributed by atoms with Gasteiger partial charge in [0.1, 0.15) is 0 Å². The van der Waals surface area contributed by atoms with E-state index < -0.39 is 0 Å². The smallest absolute Gasteiger partial charge is 0.0205 e. The summed E-state index contributed by atoms with van der Waals surface area (Å²) in [6.07, 6.45) is 14.6. The van der Waals surface area contributed by atoms with Gasteiger partial charge in [0.2, 0.25) is 0 Å². The molecule has 1 N–H and O–H groups in total. The molecular weight excluding hydrogens is 194 g/mol. The second kappa shape index (κ2) is 7.24. The standard InChI is InChI=1S/C15H23N/c1-4-5-9-15(12-16-3)13(2)14-10-7-6-8-11-14/h5-7,9-10,16H,4,8,11-12H2,1-3H3/b9-5-,15-13-. The molecule has 1 aliphatic carbocycles. The van der Waals surface area contributed by atoms with Crippen LogP contribution in [0.5, 0.6) is 0 Å². The number of rotatable bonds is 5. The van der Waals surface area contributed by atoms with Gasteiger partial charge in [-0.15, -0.1) is 0 Å². The third-order valence-electron chi connectivity index (χ3n) is 2.90. The highest BCUT2D eigenvalue weighted by molar-refractivity contribution is 5.42. The minimum absolute atomic E-state index is 0.948. The molecule has 0 atom stereocenters. The Morgan fingerprint density at radius 2 is 2.31 bits per heavy atom. The lowest BCUT2D eigenvalue weighted by molar-refractivity contribution is 0.877. The van der Waals surface area contributed by atoms with Gasteiger partial charge in [-0.3, -0.25) is 0 Å². The first kappa shape index (κ1) is 13.0. The van der Waals surface area contributed by atoms with E-state index in [1.54, 1.807) is 0 Å². The molecule has 0 bridgehead atoms. The highest BCUT2D eigenvalue weighted by Crippen LogP contribution is 2.23. The third kappa shape index (κ3) is 3.82. The van der Waals surface area contributed by atoms with E-state index in [-0.39, 0.29) is 0 Å². The van der Waals surface area contributed by atoms with Crippen molar-refractivity contribution in [2.45, 2.75) is 33.1 Å². The van der Waals surface area contributed by atoms with Gasteiger partial charge in [-0.05, 0) is 50.0 Å². The molecule has 0 heterocycles. The van der Waals surface area contributed by atoms with E-state index in [0.29, 0.717) is 0 Å². The summed E-state index contributed by atoms with van der Waals surface area (Å²) >= 11 is 0. The molecule has 88 valence electrons. The van der Waals surface area contributed by atoms with Crippen molar-refractivity contribution >= 4 is 0 Å². The molecule has 0 aromatic carbocycles. The largest absolute Gasteiger partial charge is 0.316 e. The van der Waals surface area contributed by atoms with Crippen LogP contribution in [0.3, 0.4) is 0 Å². The van der Waals surface area contributed by atoms with Crippen molar-refractivity contribution in [3.63, 3.8) is 0 Å². The normalized spacial score (nSPS) is 17.6. The summed E-state index contributed by atoms with van der Waals surface area (Å²) in [4.78, 5) is 0. The predicted octanol–water partition coefficient (Wildman–Crippen LogP) is 3.76. The molecule has 0 aliphatic heterocycles. The fraction of sp³-hybridized carbons (Fsp3) is 0.467. The molecule has 0 aromatic rings. The summed E-state index contributed by atoms with van der Waals surface area (Å²) in [5, 5.41) is 3.24. The topological polar surface area (TPSA) is 12.0 Å². The molecule has 0 radical (unpaired) electrons. The minimum Gasteiger partial charge on any atom is -0.316 e. The lowest BCUT2D eigenvalue weighted by Crippen LogP contribution is -2.11. The Morgan fingerprint density at radius 1 is 1.50 bits per heavy atom. The highest BCUT2D eigenvalue weighted by atomic mass is 14.8. The fourth-order valence-corrected chi connectivity index (χ4v) is 1.89. The van der Waals surface area contributed by atoms with E-state index >= 15 is 0 Å². The number of allylic oxidation sites excluding steroid dienone is 6. The molecule has 16 heavy (non-hydrogen) atoms. The van der Waals surface area contributed by atoms with Crippen LogP contribution in [0.2, 0.25) is 0 Å². The number of likely N-dealkylation sites (N-methyl/N-ethyl adjacent to an activating group) is 1. The van der Waals surface area contributed by atoms with Crippen LogP contribution in [-0.2, 0) is 0 Å². The van der Waals surface area contributed by atoms with Gasteiger partial charge in [0.15, 0.2) is 0 Å². The van der Waals surface area contributed by atoms with Crippen molar-refractivity contribution < 1.29 is 0 Å². The zero-order valence-corrected chi connectivity index (χ0v) is 10.7. The molecule has 0 saturated heterocycles. The maximum absolute atomic E-state index is 3.24. The van der Waals surface area contributed by atoms with E-state index in [1.807, 2.05) is 7.05 Å². The van der Waals surface area contributed by atoms with Crippen LogP contribution in [-0.4, -0.2) is 13.6 Å². The first-order valence-corrected chi connectivity index (χ1v) is 6.16. The molecule has 0 amide bonds. The molecular formula is C15H23N. The van der Waals surface area contributed by atoms with Crippen LogP contribution < -0.4 is 5.32 Å². The molecule has 1 nitrogen and oxygen atoms in total. The maximum atomic E-state index is 3.24. The van der Waals surface area contributed by atoms with Crippen LogP contribution in [0.15, 0.2) is 47.1 Å². The third-order valence-corrected chi connectivity index (χ3v) is 2.90. The second-order valence-electron chi connectivity index (χ2n) is 4.15. The van der Waals surface area contributed by atoms with E-state index in [0.717, 1.165) is 13.0 Å².